The lowest BCUT2D eigenvalue weighted by atomic mass is 10.3. The number of ether oxygens (including phenoxy) is 2. The van der Waals surface area contributed by atoms with Crippen LogP contribution < -0.4 is 0 Å². The molecule has 2 aliphatic rings. The van der Waals surface area contributed by atoms with Crippen molar-refractivity contribution in [2.75, 3.05) is 13.2 Å². The minimum absolute atomic E-state index is 0.0157. The van der Waals surface area contributed by atoms with Crippen LogP contribution in [0, 0.1) is 11.8 Å². The van der Waals surface area contributed by atoms with Crippen LogP contribution in [0.15, 0.2) is 0 Å². The summed E-state index contributed by atoms with van der Waals surface area (Å²) in [6, 6.07) is 0. The fourth-order valence-corrected chi connectivity index (χ4v) is 1.51. The molecule has 0 N–H and O–H groups in total. The van der Waals surface area contributed by atoms with Gasteiger partial charge < -0.3 is 9.47 Å². The molecule has 2 rings (SSSR count). The summed E-state index contributed by atoms with van der Waals surface area (Å²) in [5, 5.41) is 0. The molecule has 0 spiro atoms. The van der Waals surface area contributed by atoms with Gasteiger partial charge in [0, 0.05) is 6.42 Å². The van der Waals surface area contributed by atoms with Gasteiger partial charge in [-0.2, -0.15) is 0 Å². The quantitative estimate of drug-likeness (QED) is 0.579. The number of esters is 1. The fourth-order valence-electron chi connectivity index (χ4n) is 1.51. The molecule has 3 atom stereocenters. The van der Waals surface area contributed by atoms with Crippen molar-refractivity contribution in [2.45, 2.75) is 25.9 Å². The van der Waals surface area contributed by atoms with Crippen molar-refractivity contribution in [2.24, 2.45) is 11.8 Å². The maximum Gasteiger partial charge on any atom is 0.309 e. The molecule has 3 unspecified atom stereocenters. The molecule has 0 aromatic carbocycles. The van der Waals surface area contributed by atoms with Gasteiger partial charge in [0.1, 0.15) is 6.10 Å². The Kier molecular flexibility index (Phi) is 2.05. The van der Waals surface area contributed by atoms with Crippen molar-refractivity contribution >= 4 is 5.97 Å². The third-order valence-electron chi connectivity index (χ3n) is 2.58. The van der Waals surface area contributed by atoms with Crippen LogP contribution in [0.4, 0.5) is 0 Å². The molecule has 1 saturated heterocycles. The Morgan fingerprint density at radius 2 is 2.33 bits per heavy atom. The van der Waals surface area contributed by atoms with E-state index in [1.165, 1.54) is 0 Å². The number of hydrogen-bond donors (Lipinski definition) is 0. The van der Waals surface area contributed by atoms with Crippen molar-refractivity contribution < 1.29 is 14.3 Å². The molecule has 1 aliphatic carbocycles. The highest BCUT2D eigenvalue weighted by atomic mass is 16.6. The summed E-state index contributed by atoms with van der Waals surface area (Å²) in [6.07, 6.45) is 1.91. The highest BCUT2D eigenvalue weighted by Crippen LogP contribution is 2.39. The van der Waals surface area contributed by atoms with Gasteiger partial charge in [-0.15, -0.1) is 0 Å². The van der Waals surface area contributed by atoms with Crippen LogP contribution in [0.2, 0.25) is 0 Å². The maximum atomic E-state index is 11.3. The van der Waals surface area contributed by atoms with Gasteiger partial charge in [-0.25, -0.2) is 0 Å². The van der Waals surface area contributed by atoms with Gasteiger partial charge >= 0.3 is 5.97 Å². The Morgan fingerprint density at radius 3 is 2.83 bits per heavy atom. The highest BCUT2D eigenvalue weighted by Gasteiger charge is 2.41. The molecule has 1 aliphatic heterocycles. The molecule has 0 radical (unpaired) electrons. The molecule has 0 bridgehead atoms. The first kappa shape index (κ1) is 8.05. The van der Waals surface area contributed by atoms with E-state index in [1.807, 2.05) is 0 Å². The van der Waals surface area contributed by atoms with Gasteiger partial charge in [0.25, 0.3) is 0 Å². The zero-order valence-electron chi connectivity index (χ0n) is 7.29. The van der Waals surface area contributed by atoms with Crippen LogP contribution >= 0.6 is 0 Å². The number of rotatable bonds is 2. The first-order chi connectivity index (χ1) is 5.77. The van der Waals surface area contributed by atoms with E-state index in [4.69, 9.17) is 9.47 Å². The van der Waals surface area contributed by atoms with Gasteiger partial charge in [-0.05, 0) is 12.3 Å². The summed E-state index contributed by atoms with van der Waals surface area (Å²) >= 11 is 0. The summed E-state index contributed by atoms with van der Waals surface area (Å²) < 4.78 is 10.3. The molecule has 3 heteroatoms. The molecule has 1 heterocycles. The van der Waals surface area contributed by atoms with Crippen molar-refractivity contribution in [1.82, 2.24) is 0 Å². The van der Waals surface area contributed by atoms with E-state index >= 15 is 0 Å². The first-order valence-electron chi connectivity index (χ1n) is 4.55. The Labute approximate surface area is 72.0 Å². The van der Waals surface area contributed by atoms with E-state index in [0.29, 0.717) is 12.5 Å². The SMILES string of the molecule is CC1CC1C(=O)OC1CCOC1. The maximum absolute atomic E-state index is 11.3. The van der Waals surface area contributed by atoms with Crippen molar-refractivity contribution in [3.8, 4) is 0 Å². The zero-order chi connectivity index (χ0) is 8.55. The summed E-state index contributed by atoms with van der Waals surface area (Å²) in [5.74, 6) is 0.712. The second kappa shape index (κ2) is 3.05. The summed E-state index contributed by atoms with van der Waals surface area (Å²) in [6.45, 7) is 3.40. The summed E-state index contributed by atoms with van der Waals surface area (Å²) in [5.41, 5.74) is 0. The van der Waals surface area contributed by atoms with E-state index in [0.717, 1.165) is 19.4 Å². The van der Waals surface area contributed by atoms with Gasteiger partial charge in [0.15, 0.2) is 0 Å². The Hall–Kier alpha value is -0.570. The van der Waals surface area contributed by atoms with Gasteiger partial charge in [0.05, 0.1) is 19.1 Å². The van der Waals surface area contributed by atoms with Gasteiger partial charge in [0.2, 0.25) is 0 Å². The third kappa shape index (κ3) is 1.61. The number of hydrogen-bond acceptors (Lipinski definition) is 3. The summed E-state index contributed by atoms with van der Waals surface area (Å²) in [4.78, 5) is 11.3. The molecule has 1 saturated carbocycles. The van der Waals surface area contributed by atoms with Crippen LogP contribution in [0.1, 0.15) is 19.8 Å². The lowest BCUT2D eigenvalue weighted by molar-refractivity contribution is -0.150. The minimum atomic E-state index is -0.0157. The average Bonchev–Trinajstić information content (AvgIpc) is 2.58. The molecular formula is C9H14O3. The monoisotopic (exact) mass is 170 g/mol. The molecular weight excluding hydrogens is 156 g/mol. The summed E-state index contributed by atoms with van der Waals surface area (Å²) in [7, 11) is 0. The largest absolute Gasteiger partial charge is 0.460 e. The third-order valence-corrected chi connectivity index (χ3v) is 2.58. The van der Waals surface area contributed by atoms with Crippen molar-refractivity contribution in [1.29, 1.82) is 0 Å². The molecule has 2 fully saturated rings. The fraction of sp³-hybridized carbons (Fsp3) is 0.889. The number of carbonyl (C=O) groups excluding carboxylic acids is 1. The molecule has 0 amide bonds. The molecule has 0 aromatic heterocycles. The predicted octanol–water partition coefficient (Wildman–Crippen LogP) is 0.974. The van der Waals surface area contributed by atoms with Crippen LogP contribution in [0.5, 0.6) is 0 Å². The van der Waals surface area contributed by atoms with E-state index in [2.05, 4.69) is 6.92 Å². The second-order valence-corrected chi connectivity index (χ2v) is 3.74. The average molecular weight is 170 g/mol. The molecule has 0 aromatic rings. The molecule has 12 heavy (non-hydrogen) atoms. The van der Waals surface area contributed by atoms with E-state index < -0.39 is 0 Å². The Balaban J connectivity index is 1.75. The Bertz CT molecular complexity index is 184. The first-order valence-corrected chi connectivity index (χ1v) is 4.55. The van der Waals surface area contributed by atoms with Gasteiger partial charge in [-0.1, -0.05) is 6.92 Å². The highest BCUT2D eigenvalue weighted by molar-refractivity contribution is 5.75. The zero-order valence-corrected chi connectivity index (χ0v) is 7.29. The lowest BCUT2D eigenvalue weighted by Gasteiger charge is -2.08. The lowest BCUT2D eigenvalue weighted by Crippen LogP contribution is -2.19. The smallest absolute Gasteiger partial charge is 0.309 e. The van der Waals surface area contributed by atoms with Crippen molar-refractivity contribution in [3.05, 3.63) is 0 Å². The van der Waals surface area contributed by atoms with E-state index in [-0.39, 0.29) is 18.0 Å². The number of carbonyl (C=O) groups is 1. The topological polar surface area (TPSA) is 35.5 Å². The second-order valence-electron chi connectivity index (χ2n) is 3.74. The van der Waals surface area contributed by atoms with Crippen molar-refractivity contribution in [3.63, 3.8) is 0 Å². The molecule has 68 valence electrons. The standard InChI is InChI=1S/C9H14O3/c1-6-4-8(6)9(10)12-7-2-3-11-5-7/h6-8H,2-5H2,1H3. The van der Waals surface area contributed by atoms with Crippen LogP contribution in [-0.4, -0.2) is 25.3 Å². The Morgan fingerprint density at radius 1 is 1.58 bits per heavy atom. The van der Waals surface area contributed by atoms with Crippen LogP contribution in [0.25, 0.3) is 0 Å². The van der Waals surface area contributed by atoms with E-state index in [9.17, 15) is 4.79 Å². The van der Waals surface area contributed by atoms with E-state index in [1.54, 1.807) is 0 Å². The molecule has 3 nitrogen and oxygen atoms in total. The van der Waals surface area contributed by atoms with Crippen LogP contribution in [-0.2, 0) is 14.3 Å². The normalized spacial score (nSPS) is 39.6. The van der Waals surface area contributed by atoms with Gasteiger partial charge in [-0.3, -0.25) is 4.79 Å². The predicted molar refractivity (Wildman–Crippen MR) is 42.6 cm³/mol. The minimum Gasteiger partial charge on any atom is -0.460 e. The van der Waals surface area contributed by atoms with Crippen LogP contribution in [0.3, 0.4) is 0 Å².